The standard InChI is InChI=1S/C16H25N5/c1-10-11-2-3-13(10)14(8-11)19-16-18-6-4-15(20-16)21-7-5-12(17)9-21/h4,6,10-14H,2-3,5,7-9,17H2,1H3,(H,18,19,20)/t10-,11?,12+,13?,14?/m1/s1. The highest BCUT2D eigenvalue weighted by atomic mass is 15.3. The Morgan fingerprint density at radius 2 is 2.24 bits per heavy atom. The van der Waals surface area contributed by atoms with Gasteiger partial charge in [-0.2, -0.15) is 4.98 Å². The number of rotatable bonds is 3. The summed E-state index contributed by atoms with van der Waals surface area (Å²) >= 11 is 0. The van der Waals surface area contributed by atoms with Gasteiger partial charge in [0.2, 0.25) is 5.95 Å². The summed E-state index contributed by atoms with van der Waals surface area (Å²) in [6.45, 7) is 4.32. The van der Waals surface area contributed by atoms with Crippen LogP contribution in [0.25, 0.3) is 0 Å². The lowest BCUT2D eigenvalue weighted by molar-refractivity contribution is 0.425. The lowest BCUT2D eigenvalue weighted by atomic mass is 9.95. The molecule has 5 atom stereocenters. The molecule has 1 aromatic heterocycles. The van der Waals surface area contributed by atoms with Gasteiger partial charge in [0.25, 0.3) is 0 Å². The van der Waals surface area contributed by atoms with Crippen LogP contribution in [-0.2, 0) is 0 Å². The molecule has 0 aromatic carbocycles. The second-order valence-corrected chi connectivity index (χ2v) is 7.08. The highest BCUT2D eigenvalue weighted by Crippen LogP contribution is 2.49. The van der Waals surface area contributed by atoms with Crippen LogP contribution in [0.5, 0.6) is 0 Å². The molecule has 0 amide bonds. The molecule has 5 nitrogen and oxygen atoms in total. The van der Waals surface area contributed by atoms with E-state index in [1.54, 1.807) is 0 Å². The third-order valence-corrected chi connectivity index (χ3v) is 5.87. The van der Waals surface area contributed by atoms with Crippen LogP contribution in [0.15, 0.2) is 12.3 Å². The van der Waals surface area contributed by atoms with E-state index in [2.05, 4.69) is 22.1 Å². The summed E-state index contributed by atoms with van der Waals surface area (Å²) in [6.07, 6.45) is 6.98. The van der Waals surface area contributed by atoms with Gasteiger partial charge in [0.05, 0.1) is 0 Å². The maximum absolute atomic E-state index is 5.99. The van der Waals surface area contributed by atoms with Crippen molar-refractivity contribution < 1.29 is 0 Å². The van der Waals surface area contributed by atoms with Gasteiger partial charge in [-0.25, -0.2) is 4.98 Å². The summed E-state index contributed by atoms with van der Waals surface area (Å²) in [6, 6.07) is 2.84. The predicted octanol–water partition coefficient (Wildman–Crippen LogP) is 1.86. The van der Waals surface area contributed by atoms with E-state index in [0.717, 1.165) is 49.0 Å². The fourth-order valence-corrected chi connectivity index (χ4v) is 4.60. The monoisotopic (exact) mass is 287 g/mol. The third kappa shape index (κ3) is 2.37. The number of hydrogen-bond donors (Lipinski definition) is 2. The van der Waals surface area contributed by atoms with Crippen LogP contribution in [0.4, 0.5) is 11.8 Å². The van der Waals surface area contributed by atoms with E-state index in [9.17, 15) is 0 Å². The van der Waals surface area contributed by atoms with Crippen LogP contribution in [-0.4, -0.2) is 35.1 Å². The summed E-state index contributed by atoms with van der Waals surface area (Å²) in [5, 5.41) is 3.60. The Hall–Kier alpha value is -1.36. The first-order chi connectivity index (χ1) is 10.2. The van der Waals surface area contributed by atoms with Crippen molar-refractivity contribution in [3.05, 3.63) is 12.3 Å². The Morgan fingerprint density at radius 1 is 1.33 bits per heavy atom. The molecule has 0 radical (unpaired) electrons. The van der Waals surface area contributed by atoms with E-state index < -0.39 is 0 Å². The maximum Gasteiger partial charge on any atom is 0.224 e. The molecule has 4 rings (SSSR count). The first-order valence-corrected chi connectivity index (χ1v) is 8.31. The zero-order valence-corrected chi connectivity index (χ0v) is 12.7. The van der Waals surface area contributed by atoms with Crippen LogP contribution in [0, 0.1) is 17.8 Å². The largest absolute Gasteiger partial charge is 0.355 e. The van der Waals surface area contributed by atoms with E-state index >= 15 is 0 Å². The molecule has 3 N–H and O–H groups in total. The molecule has 3 fully saturated rings. The topological polar surface area (TPSA) is 67.1 Å². The van der Waals surface area contributed by atoms with E-state index in [1.807, 2.05) is 12.3 Å². The van der Waals surface area contributed by atoms with E-state index in [-0.39, 0.29) is 6.04 Å². The second kappa shape index (κ2) is 5.13. The second-order valence-electron chi connectivity index (χ2n) is 7.08. The Morgan fingerprint density at radius 3 is 2.90 bits per heavy atom. The highest BCUT2D eigenvalue weighted by molar-refractivity contribution is 5.44. The summed E-state index contributed by atoms with van der Waals surface area (Å²) in [4.78, 5) is 11.4. The van der Waals surface area contributed by atoms with Gasteiger partial charge >= 0.3 is 0 Å². The van der Waals surface area contributed by atoms with E-state index in [0.29, 0.717) is 6.04 Å². The Labute approximate surface area is 126 Å². The smallest absolute Gasteiger partial charge is 0.224 e. The molecule has 2 aliphatic carbocycles. The van der Waals surface area contributed by atoms with Crippen molar-refractivity contribution in [2.75, 3.05) is 23.3 Å². The minimum atomic E-state index is 0.280. The molecule has 21 heavy (non-hydrogen) atoms. The molecular formula is C16H25N5. The van der Waals surface area contributed by atoms with Gasteiger partial charge in [-0.15, -0.1) is 0 Å². The summed E-state index contributed by atoms with van der Waals surface area (Å²) in [5.41, 5.74) is 5.99. The van der Waals surface area contributed by atoms with Crippen molar-refractivity contribution in [3.8, 4) is 0 Å². The number of nitrogens with one attached hydrogen (secondary N) is 1. The minimum Gasteiger partial charge on any atom is -0.355 e. The Bertz CT molecular complexity index is 519. The molecule has 2 heterocycles. The first kappa shape index (κ1) is 13.3. The van der Waals surface area contributed by atoms with Crippen LogP contribution in [0.3, 0.4) is 0 Å². The summed E-state index contributed by atoms with van der Waals surface area (Å²) < 4.78 is 0. The van der Waals surface area contributed by atoms with Crippen molar-refractivity contribution in [1.29, 1.82) is 0 Å². The normalized spacial score (nSPS) is 38.2. The first-order valence-electron chi connectivity index (χ1n) is 8.31. The summed E-state index contributed by atoms with van der Waals surface area (Å²) in [5.74, 6) is 4.38. The zero-order chi connectivity index (χ0) is 14.4. The predicted molar refractivity (Wildman–Crippen MR) is 84.2 cm³/mol. The van der Waals surface area contributed by atoms with Crippen LogP contribution < -0.4 is 16.0 Å². The molecule has 3 unspecified atom stereocenters. The lowest BCUT2D eigenvalue weighted by Gasteiger charge is -2.24. The zero-order valence-electron chi connectivity index (χ0n) is 12.7. The molecule has 2 saturated carbocycles. The minimum absolute atomic E-state index is 0.280. The van der Waals surface area contributed by atoms with Gasteiger partial charge < -0.3 is 16.0 Å². The quantitative estimate of drug-likeness (QED) is 0.888. The molecule has 3 aliphatic rings. The number of aromatic nitrogens is 2. The molecular weight excluding hydrogens is 262 g/mol. The van der Waals surface area contributed by atoms with Gasteiger partial charge in [0.1, 0.15) is 5.82 Å². The number of nitrogens with two attached hydrogens (primary N) is 1. The van der Waals surface area contributed by atoms with Crippen LogP contribution in [0.2, 0.25) is 0 Å². The van der Waals surface area contributed by atoms with E-state index in [1.165, 1.54) is 19.3 Å². The number of anilines is 2. The van der Waals surface area contributed by atoms with Gasteiger partial charge in [-0.1, -0.05) is 6.92 Å². The van der Waals surface area contributed by atoms with Crippen LogP contribution >= 0.6 is 0 Å². The SMILES string of the molecule is C[C@@H]1C2CCC1C(Nc1nccc(N3CC[C@H](N)C3)n1)C2. The van der Waals surface area contributed by atoms with E-state index in [4.69, 9.17) is 10.7 Å². The molecule has 1 saturated heterocycles. The average molecular weight is 287 g/mol. The number of fused-ring (bicyclic) bond motifs is 2. The molecule has 5 heteroatoms. The fourth-order valence-electron chi connectivity index (χ4n) is 4.60. The van der Waals surface area contributed by atoms with Crippen molar-refractivity contribution in [3.63, 3.8) is 0 Å². The van der Waals surface area contributed by atoms with Crippen LogP contribution in [0.1, 0.15) is 32.6 Å². The van der Waals surface area contributed by atoms with Gasteiger partial charge in [0, 0.05) is 31.4 Å². The molecule has 2 bridgehead atoms. The molecule has 1 aliphatic heterocycles. The van der Waals surface area contributed by atoms with Crippen molar-refractivity contribution in [2.45, 2.75) is 44.7 Å². The number of hydrogen-bond acceptors (Lipinski definition) is 5. The Kier molecular flexibility index (Phi) is 3.25. The fraction of sp³-hybridized carbons (Fsp3) is 0.750. The molecule has 114 valence electrons. The average Bonchev–Trinajstić information content (AvgIpc) is 3.15. The highest BCUT2D eigenvalue weighted by Gasteiger charge is 2.45. The van der Waals surface area contributed by atoms with Gasteiger partial charge in [0.15, 0.2) is 0 Å². The molecule has 1 aromatic rings. The molecule has 0 spiro atoms. The van der Waals surface area contributed by atoms with Crippen molar-refractivity contribution in [1.82, 2.24) is 9.97 Å². The lowest BCUT2D eigenvalue weighted by Crippen LogP contribution is -2.29. The number of nitrogens with zero attached hydrogens (tertiary/aromatic N) is 3. The summed E-state index contributed by atoms with van der Waals surface area (Å²) in [7, 11) is 0. The van der Waals surface area contributed by atoms with Crippen molar-refractivity contribution in [2.24, 2.45) is 23.5 Å². The Balaban J connectivity index is 1.46. The van der Waals surface area contributed by atoms with Crippen molar-refractivity contribution >= 4 is 11.8 Å². The third-order valence-electron chi connectivity index (χ3n) is 5.87. The van der Waals surface area contributed by atoms with Gasteiger partial charge in [-0.05, 0) is 49.5 Å². The maximum atomic E-state index is 5.99. The van der Waals surface area contributed by atoms with Gasteiger partial charge in [-0.3, -0.25) is 0 Å².